The van der Waals surface area contributed by atoms with E-state index in [1.54, 1.807) is 6.33 Å². The summed E-state index contributed by atoms with van der Waals surface area (Å²) < 4.78 is 1.91. The van der Waals surface area contributed by atoms with E-state index in [1.807, 2.05) is 28.9 Å². The summed E-state index contributed by atoms with van der Waals surface area (Å²) in [7, 11) is 0. The van der Waals surface area contributed by atoms with Gasteiger partial charge < -0.3 is 5.32 Å². The van der Waals surface area contributed by atoms with Gasteiger partial charge in [0.25, 0.3) is 0 Å². The minimum Gasteiger partial charge on any atom is -0.324 e. The minimum atomic E-state index is 0.00929. The summed E-state index contributed by atoms with van der Waals surface area (Å²) in [5.41, 5.74) is 5.81. The Morgan fingerprint density at radius 1 is 1.08 bits per heavy atom. The zero-order chi connectivity index (χ0) is 16.7. The van der Waals surface area contributed by atoms with Gasteiger partial charge in [0.1, 0.15) is 12.4 Å². The molecule has 2 aromatic carbocycles. The second-order valence-electron chi connectivity index (χ2n) is 6.05. The molecule has 1 aromatic heterocycles. The van der Waals surface area contributed by atoms with Crippen molar-refractivity contribution in [3.05, 3.63) is 82.1 Å². The first-order valence-corrected chi connectivity index (χ1v) is 8.21. The van der Waals surface area contributed by atoms with Crippen LogP contribution in [0.3, 0.4) is 0 Å². The number of halogens is 1. The minimum absolute atomic E-state index is 0.00929. The standard InChI is InChI=1S/C19H17ClN4/c1-12-3-8-16(13(2)9-12)18-10-17(14-4-6-15(20)7-5-14)23-19-21-11-22-24(18)19/h3-11,18H,1-2H3,(H,21,22,23)/t18-/m0/s1. The molecule has 0 amide bonds. The highest BCUT2D eigenvalue weighted by Crippen LogP contribution is 2.33. The molecule has 0 unspecified atom stereocenters. The molecular weight excluding hydrogens is 320 g/mol. The smallest absolute Gasteiger partial charge is 0.226 e. The van der Waals surface area contributed by atoms with Gasteiger partial charge in [-0.15, -0.1) is 0 Å². The van der Waals surface area contributed by atoms with Crippen LogP contribution in [0.1, 0.15) is 28.3 Å². The lowest BCUT2D eigenvalue weighted by atomic mass is 9.96. The van der Waals surface area contributed by atoms with Crippen molar-refractivity contribution >= 4 is 23.2 Å². The van der Waals surface area contributed by atoms with Gasteiger partial charge in [0, 0.05) is 10.7 Å². The number of hydrogen-bond acceptors (Lipinski definition) is 3. The number of aromatic nitrogens is 3. The lowest BCUT2D eigenvalue weighted by molar-refractivity contribution is 0.609. The monoisotopic (exact) mass is 336 g/mol. The number of benzene rings is 2. The van der Waals surface area contributed by atoms with E-state index in [1.165, 1.54) is 16.7 Å². The SMILES string of the molecule is Cc1ccc([C@@H]2C=C(c3ccc(Cl)cc3)Nc3ncnn32)c(C)c1. The van der Waals surface area contributed by atoms with Crippen LogP contribution in [0.5, 0.6) is 0 Å². The highest BCUT2D eigenvalue weighted by atomic mass is 35.5. The molecule has 1 N–H and O–H groups in total. The maximum absolute atomic E-state index is 6.01. The number of anilines is 1. The van der Waals surface area contributed by atoms with Crippen LogP contribution >= 0.6 is 11.6 Å². The van der Waals surface area contributed by atoms with E-state index in [2.05, 4.69) is 53.5 Å². The third-order valence-corrected chi connectivity index (χ3v) is 4.56. The first-order chi connectivity index (χ1) is 11.6. The Morgan fingerprint density at radius 3 is 2.62 bits per heavy atom. The largest absolute Gasteiger partial charge is 0.324 e. The number of rotatable bonds is 2. The number of allylic oxidation sites excluding steroid dienone is 1. The van der Waals surface area contributed by atoms with Crippen molar-refractivity contribution in [1.82, 2.24) is 14.8 Å². The first kappa shape index (κ1) is 15.0. The van der Waals surface area contributed by atoms with Gasteiger partial charge in [0.2, 0.25) is 5.95 Å². The average Bonchev–Trinajstić information content (AvgIpc) is 3.03. The summed E-state index contributed by atoms with van der Waals surface area (Å²) in [6.45, 7) is 4.24. The lowest BCUT2D eigenvalue weighted by Crippen LogP contribution is -2.20. The molecule has 0 radical (unpaired) electrons. The fourth-order valence-electron chi connectivity index (χ4n) is 3.11. The van der Waals surface area contributed by atoms with Crippen LogP contribution in [0, 0.1) is 13.8 Å². The molecule has 0 spiro atoms. The van der Waals surface area contributed by atoms with E-state index in [9.17, 15) is 0 Å². The second-order valence-corrected chi connectivity index (χ2v) is 6.48. The summed E-state index contributed by atoms with van der Waals surface area (Å²) in [6, 6.07) is 14.3. The van der Waals surface area contributed by atoms with Gasteiger partial charge in [-0.1, -0.05) is 47.5 Å². The van der Waals surface area contributed by atoms with E-state index in [0.717, 1.165) is 22.2 Å². The predicted octanol–water partition coefficient (Wildman–Crippen LogP) is 4.60. The molecule has 0 saturated carbocycles. The van der Waals surface area contributed by atoms with E-state index in [-0.39, 0.29) is 6.04 Å². The van der Waals surface area contributed by atoms with Crippen LogP contribution < -0.4 is 5.32 Å². The van der Waals surface area contributed by atoms with Crippen molar-refractivity contribution in [2.45, 2.75) is 19.9 Å². The zero-order valence-corrected chi connectivity index (χ0v) is 14.2. The highest BCUT2D eigenvalue weighted by Gasteiger charge is 2.24. The maximum atomic E-state index is 6.01. The fraction of sp³-hybridized carbons (Fsp3) is 0.158. The van der Waals surface area contributed by atoms with Gasteiger partial charge in [0.15, 0.2) is 0 Å². The molecular formula is C19H17ClN4. The van der Waals surface area contributed by atoms with Crippen molar-refractivity contribution < 1.29 is 0 Å². The van der Waals surface area contributed by atoms with Crippen molar-refractivity contribution in [1.29, 1.82) is 0 Å². The average molecular weight is 337 g/mol. The third-order valence-electron chi connectivity index (χ3n) is 4.31. The zero-order valence-electron chi connectivity index (χ0n) is 13.5. The normalized spacial score (nSPS) is 16.3. The Bertz CT molecular complexity index is 925. The van der Waals surface area contributed by atoms with Gasteiger partial charge in [-0.25, -0.2) is 4.68 Å². The van der Waals surface area contributed by atoms with Crippen LogP contribution in [0.15, 0.2) is 54.9 Å². The molecule has 4 nitrogen and oxygen atoms in total. The summed E-state index contributed by atoms with van der Waals surface area (Å²) >= 11 is 6.01. The summed E-state index contributed by atoms with van der Waals surface area (Å²) in [6.07, 6.45) is 3.76. The Balaban J connectivity index is 1.83. The molecule has 0 fully saturated rings. The number of aryl methyl sites for hydroxylation is 2. The van der Waals surface area contributed by atoms with Crippen LogP contribution in [-0.4, -0.2) is 14.8 Å². The molecule has 120 valence electrons. The van der Waals surface area contributed by atoms with Crippen molar-refractivity contribution in [2.24, 2.45) is 0 Å². The molecule has 24 heavy (non-hydrogen) atoms. The van der Waals surface area contributed by atoms with E-state index in [4.69, 9.17) is 11.6 Å². The molecule has 1 aliphatic rings. The molecule has 4 rings (SSSR count). The second kappa shape index (κ2) is 5.80. The summed E-state index contributed by atoms with van der Waals surface area (Å²) in [4.78, 5) is 4.35. The van der Waals surface area contributed by atoms with Gasteiger partial charge in [-0.2, -0.15) is 10.1 Å². The molecule has 5 heteroatoms. The van der Waals surface area contributed by atoms with Crippen LogP contribution in [-0.2, 0) is 0 Å². The summed E-state index contributed by atoms with van der Waals surface area (Å²) in [5, 5.41) is 8.47. The van der Waals surface area contributed by atoms with Crippen LogP contribution in [0.2, 0.25) is 5.02 Å². The van der Waals surface area contributed by atoms with Gasteiger partial charge in [0.05, 0.1) is 0 Å². The number of nitrogens with one attached hydrogen (secondary N) is 1. The molecule has 1 aliphatic heterocycles. The fourth-order valence-corrected chi connectivity index (χ4v) is 3.24. The van der Waals surface area contributed by atoms with Gasteiger partial charge in [-0.05, 0) is 48.7 Å². The topological polar surface area (TPSA) is 42.7 Å². The van der Waals surface area contributed by atoms with E-state index < -0.39 is 0 Å². The molecule has 0 saturated heterocycles. The quantitative estimate of drug-likeness (QED) is 0.743. The number of nitrogens with zero attached hydrogens (tertiary/aromatic N) is 3. The van der Waals surface area contributed by atoms with E-state index in [0.29, 0.717) is 0 Å². The Morgan fingerprint density at radius 2 is 1.88 bits per heavy atom. The lowest BCUT2D eigenvalue weighted by Gasteiger charge is -2.25. The van der Waals surface area contributed by atoms with Gasteiger partial charge in [-0.3, -0.25) is 0 Å². The molecule has 3 aromatic rings. The van der Waals surface area contributed by atoms with Crippen LogP contribution in [0.4, 0.5) is 5.95 Å². The molecule has 0 bridgehead atoms. The summed E-state index contributed by atoms with van der Waals surface area (Å²) in [5.74, 6) is 0.743. The van der Waals surface area contributed by atoms with Crippen molar-refractivity contribution in [3.8, 4) is 0 Å². The Kier molecular flexibility index (Phi) is 3.62. The van der Waals surface area contributed by atoms with Crippen molar-refractivity contribution in [2.75, 3.05) is 5.32 Å². The number of fused-ring (bicyclic) bond motifs is 1. The Hall–Kier alpha value is -2.59. The molecule has 2 heterocycles. The predicted molar refractivity (Wildman–Crippen MR) is 97.1 cm³/mol. The molecule has 1 atom stereocenters. The maximum Gasteiger partial charge on any atom is 0.226 e. The number of hydrogen-bond donors (Lipinski definition) is 1. The third kappa shape index (κ3) is 2.59. The first-order valence-electron chi connectivity index (χ1n) is 7.83. The van der Waals surface area contributed by atoms with Crippen LogP contribution in [0.25, 0.3) is 5.70 Å². The Labute approximate surface area is 145 Å². The van der Waals surface area contributed by atoms with Crippen molar-refractivity contribution in [3.63, 3.8) is 0 Å². The van der Waals surface area contributed by atoms with E-state index >= 15 is 0 Å². The molecule has 0 aliphatic carbocycles. The highest BCUT2D eigenvalue weighted by molar-refractivity contribution is 6.30. The van der Waals surface area contributed by atoms with Gasteiger partial charge >= 0.3 is 0 Å².